The number of aromatic amines is 1. The molecule has 0 radical (unpaired) electrons. The fourth-order valence-electron chi connectivity index (χ4n) is 4.71. The van der Waals surface area contributed by atoms with Crippen LogP contribution in [-0.2, 0) is 6.54 Å². The van der Waals surface area contributed by atoms with Crippen molar-refractivity contribution in [2.75, 3.05) is 6.54 Å². The molecule has 0 saturated carbocycles. The molecule has 1 saturated heterocycles. The van der Waals surface area contributed by atoms with Gasteiger partial charge in [-0.15, -0.1) is 0 Å². The van der Waals surface area contributed by atoms with E-state index in [4.69, 9.17) is 5.11 Å². The van der Waals surface area contributed by atoms with E-state index >= 15 is 0 Å². The van der Waals surface area contributed by atoms with E-state index in [1.807, 2.05) is 6.20 Å². The maximum Gasteiger partial charge on any atom is 0.335 e. The van der Waals surface area contributed by atoms with Crippen LogP contribution in [0.4, 0.5) is 8.78 Å². The van der Waals surface area contributed by atoms with Crippen molar-refractivity contribution in [1.29, 1.82) is 0 Å². The highest BCUT2D eigenvalue weighted by atomic mass is 19.3. The smallest absolute Gasteiger partial charge is 0.335 e. The third-order valence-electron chi connectivity index (χ3n) is 6.39. The van der Waals surface area contributed by atoms with Crippen molar-refractivity contribution in [3.63, 3.8) is 0 Å². The predicted molar refractivity (Wildman–Crippen MR) is 113 cm³/mol. The van der Waals surface area contributed by atoms with E-state index in [0.717, 1.165) is 11.1 Å². The Morgan fingerprint density at radius 1 is 1.20 bits per heavy atom. The first-order chi connectivity index (χ1) is 14.3. The Morgan fingerprint density at radius 3 is 2.60 bits per heavy atom. The third-order valence-corrected chi connectivity index (χ3v) is 6.39. The van der Waals surface area contributed by atoms with Gasteiger partial charge in [-0.2, -0.15) is 0 Å². The molecule has 1 aliphatic heterocycles. The summed E-state index contributed by atoms with van der Waals surface area (Å²) in [6.07, 6.45) is 0.421. The first-order valence-corrected chi connectivity index (χ1v) is 10.3. The summed E-state index contributed by atoms with van der Waals surface area (Å²) in [6.45, 7) is 5.43. The molecular formula is C24H26F2N2O2. The van der Waals surface area contributed by atoms with Crippen molar-refractivity contribution < 1.29 is 18.7 Å². The lowest BCUT2D eigenvalue weighted by molar-refractivity contribution is 0.00736. The normalized spacial score (nSPS) is 20.2. The lowest BCUT2D eigenvalue weighted by atomic mass is 9.86. The van der Waals surface area contributed by atoms with Crippen LogP contribution in [0.25, 0.3) is 10.9 Å². The standard InChI is InChI=1S/C24H26F2N2O2/c1-14-11-15(2)22-19(7-9-27-22)20(14)13-28-10-8-18(23(25)26)12-21(28)16-3-5-17(6-4-16)24(29)30/h3-7,9,11,18,21,23,27H,8,10,12-13H2,1-2H3,(H,29,30). The van der Waals surface area contributed by atoms with E-state index in [1.165, 1.54) is 22.1 Å². The van der Waals surface area contributed by atoms with Crippen LogP contribution in [0.2, 0.25) is 0 Å². The number of hydrogen-bond donors (Lipinski definition) is 2. The van der Waals surface area contributed by atoms with Gasteiger partial charge >= 0.3 is 5.97 Å². The SMILES string of the molecule is Cc1cc(C)c2[nH]ccc2c1CN1CCC(C(F)F)CC1c1ccc(C(=O)O)cc1. The molecule has 3 aromatic rings. The zero-order chi connectivity index (χ0) is 21.4. The van der Waals surface area contributed by atoms with Gasteiger partial charge in [0.1, 0.15) is 0 Å². The Morgan fingerprint density at radius 2 is 1.93 bits per heavy atom. The minimum Gasteiger partial charge on any atom is -0.478 e. The predicted octanol–water partition coefficient (Wildman–Crippen LogP) is 5.70. The summed E-state index contributed by atoms with van der Waals surface area (Å²) in [4.78, 5) is 16.8. The highest BCUT2D eigenvalue weighted by Crippen LogP contribution is 2.39. The third kappa shape index (κ3) is 3.84. The molecule has 158 valence electrons. The molecule has 1 fully saturated rings. The van der Waals surface area contributed by atoms with Crippen molar-refractivity contribution in [3.8, 4) is 0 Å². The molecule has 0 spiro atoms. The van der Waals surface area contributed by atoms with Crippen molar-refractivity contribution in [2.24, 2.45) is 5.92 Å². The van der Waals surface area contributed by atoms with E-state index in [-0.39, 0.29) is 11.6 Å². The molecule has 2 heterocycles. The van der Waals surface area contributed by atoms with Crippen LogP contribution in [-0.4, -0.2) is 33.9 Å². The second-order valence-corrected chi connectivity index (χ2v) is 8.29. The molecule has 2 unspecified atom stereocenters. The van der Waals surface area contributed by atoms with Crippen molar-refractivity contribution in [2.45, 2.75) is 45.7 Å². The van der Waals surface area contributed by atoms with E-state index in [1.54, 1.807) is 24.3 Å². The van der Waals surface area contributed by atoms with Gasteiger partial charge in [0.25, 0.3) is 0 Å². The number of carboxylic acids is 1. The Hall–Kier alpha value is -2.73. The lowest BCUT2D eigenvalue weighted by Crippen LogP contribution is -2.38. The quantitative estimate of drug-likeness (QED) is 0.565. The largest absolute Gasteiger partial charge is 0.478 e. The van der Waals surface area contributed by atoms with Gasteiger partial charge in [-0.05, 0) is 73.7 Å². The minimum atomic E-state index is -2.34. The van der Waals surface area contributed by atoms with Gasteiger partial charge in [-0.3, -0.25) is 4.90 Å². The zero-order valence-corrected chi connectivity index (χ0v) is 17.2. The minimum absolute atomic E-state index is 0.171. The molecule has 0 amide bonds. The van der Waals surface area contributed by atoms with Gasteiger partial charge in [0.05, 0.1) is 5.56 Å². The summed E-state index contributed by atoms with van der Waals surface area (Å²) in [5, 5.41) is 10.3. The molecule has 2 atom stereocenters. The number of aromatic nitrogens is 1. The van der Waals surface area contributed by atoms with Gasteiger partial charge < -0.3 is 10.1 Å². The number of benzene rings is 2. The lowest BCUT2D eigenvalue weighted by Gasteiger charge is -2.40. The van der Waals surface area contributed by atoms with E-state index in [0.29, 0.717) is 25.9 Å². The fraction of sp³-hybridized carbons (Fsp3) is 0.375. The number of H-pyrrole nitrogens is 1. The Kier molecular flexibility index (Phi) is 5.60. The number of carbonyl (C=O) groups is 1. The molecule has 4 rings (SSSR count). The van der Waals surface area contributed by atoms with Crippen LogP contribution < -0.4 is 0 Å². The molecule has 1 aliphatic rings. The monoisotopic (exact) mass is 412 g/mol. The number of halogens is 2. The first-order valence-electron chi connectivity index (χ1n) is 10.3. The second kappa shape index (κ2) is 8.19. The Balaban J connectivity index is 1.68. The molecule has 0 bridgehead atoms. The summed E-state index contributed by atoms with van der Waals surface area (Å²) in [6, 6.07) is 10.7. The van der Waals surface area contributed by atoms with E-state index in [9.17, 15) is 13.6 Å². The number of fused-ring (bicyclic) bond motifs is 1. The summed E-state index contributed by atoms with van der Waals surface area (Å²) in [5.41, 5.74) is 5.79. The van der Waals surface area contributed by atoms with Crippen molar-refractivity contribution in [1.82, 2.24) is 9.88 Å². The maximum atomic E-state index is 13.5. The van der Waals surface area contributed by atoms with E-state index in [2.05, 4.69) is 35.9 Å². The number of nitrogens with zero attached hydrogens (tertiary/aromatic N) is 1. The van der Waals surface area contributed by atoms with Crippen LogP contribution in [0.1, 0.15) is 51.5 Å². The number of nitrogens with one attached hydrogen (secondary N) is 1. The zero-order valence-electron chi connectivity index (χ0n) is 17.2. The summed E-state index contributed by atoms with van der Waals surface area (Å²) >= 11 is 0. The number of aromatic carboxylic acids is 1. The van der Waals surface area contributed by atoms with Crippen LogP contribution >= 0.6 is 0 Å². The average Bonchev–Trinajstić information content (AvgIpc) is 3.21. The van der Waals surface area contributed by atoms with Gasteiger partial charge in [0.15, 0.2) is 0 Å². The van der Waals surface area contributed by atoms with Gasteiger partial charge in [-0.25, -0.2) is 13.6 Å². The molecule has 1 aromatic heterocycles. The number of alkyl halides is 2. The fourth-order valence-corrected chi connectivity index (χ4v) is 4.71. The molecule has 2 aromatic carbocycles. The van der Waals surface area contributed by atoms with Crippen LogP contribution in [0.5, 0.6) is 0 Å². The van der Waals surface area contributed by atoms with Crippen molar-refractivity contribution >= 4 is 16.9 Å². The number of likely N-dealkylation sites (tertiary alicyclic amines) is 1. The highest BCUT2D eigenvalue weighted by molar-refractivity contribution is 5.88. The van der Waals surface area contributed by atoms with Gasteiger partial charge in [0, 0.05) is 35.6 Å². The van der Waals surface area contributed by atoms with Gasteiger partial charge in [-0.1, -0.05) is 18.2 Å². The van der Waals surface area contributed by atoms with Crippen molar-refractivity contribution in [3.05, 3.63) is 70.4 Å². The number of aryl methyl sites for hydroxylation is 2. The van der Waals surface area contributed by atoms with Crippen LogP contribution in [0, 0.1) is 19.8 Å². The summed E-state index contributed by atoms with van der Waals surface area (Å²) < 4.78 is 27.0. The first kappa shape index (κ1) is 20.5. The van der Waals surface area contributed by atoms with Crippen LogP contribution in [0.15, 0.2) is 42.6 Å². The Bertz CT molecular complexity index is 1060. The maximum absolute atomic E-state index is 13.5. The average molecular weight is 412 g/mol. The number of piperidine rings is 1. The number of carboxylic acid groups (broad SMARTS) is 1. The highest BCUT2D eigenvalue weighted by Gasteiger charge is 2.34. The Labute approximate surface area is 174 Å². The molecular weight excluding hydrogens is 386 g/mol. The van der Waals surface area contributed by atoms with Crippen LogP contribution in [0.3, 0.4) is 0 Å². The molecule has 6 heteroatoms. The summed E-state index contributed by atoms with van der Waals surface area (Å²) in [7, 11) is 0. The van der Waals surface area contributed by atoms with E-state index < -0.39 is 18.3 Å². The molecule has 2 N–H and O–H groups in total. The molecule has 30 heavy (non-hydrogen) atoms. The molecule has 0 aliphatic carbocycles. The number of rotatable bonds is 5. The summed E-state index contributed by atoms with van der Waals surface area (Å²) in [5.74, 6) is -1.63. The second-order valence-electron chi connectivity index (χ2n) is 8.29. The number of hydrogen-bond acceptors (Lipinski definition) is 2. The molecule has 4 nitrogen and oxygen atoms in total. The topological polar surface area (TPSA) is 56.3 Å². The van der Waals surface area contributed by atoms with Gasteiger partial charge in [0.2, 0.25) is 6.43 Å².